The predicted octanol–water partition coefficient (Wildman–Crippen LogP) is 4.99. The van der Waals surface area contributed by atoms with Crippen LogP contribution in [0.1, 0.15) is 63.1 Å². The van der Waals surface area contributed by atoms with E-state index in [2.05, 4.69) is 53.3 Å². The molecule has 1 N–H and O–H groups in total. The van der Waals surface area contributed by atoms with Gasteiger partial charge >= 0.3 is 0 Å². The van der Waals surface area contributed by atoms with Crippen LogP contribution in [0.5, 0.6) is 0 Å². The van der Waals surface area contributed by atoms with Crippen molar-refractivity contribution in [1.29, 1.82) is 0 Å². The summed E-state index contributed by atoms with van der Waals surface area (Å²) in [6, 6.07) is 8.04. The molecule has 2 heteroatoms. The molecular formula is C17H24BrN. The van der Waals surface area contributed by atoms with Crippen molar-refractivity contribution in [3.8, 4) is 0 Å². The number of rotatable bonds is 2. The topological polar surface area (TPSA) is 12.0 Å². The second-order valence-corrected chi connectivity index (χ2v) is 7.80. The Morgan fingerprint density at radius 1 is 1.21 bits per heavy atom. The van der Waals surface area contributed by atoms with E-state index in [9.17, 15) is 0 Å². The molecule has 0 spiro atoms. The molecule has 1 aromatic carbocycles. The first-order valence-electron chi connectivity index (χ1n) is 7.61. The summed E-state index contributed by atoms with van der Waals surface area (Å²) in [5.41, 5.74) is 3.51. The van der Waals surface area contributed by atoms with Gasteiger partial charge in [0.25, 0.3) is 0 Å². The van der Waals surface area contributed by atoms with E-state index in [1.807, 2.05) is 0 Å². The minimum Gasteiger partial charge on any atom is -0.307 e. The van der Waals surface area contributed by atoms with Crippen molar-refractivity contribution >= 4 is 15.9 Å². The molecule has 0 amide bonds. The molecule has 2 atom stereocenters. The number of hydrogen-bond acceptors (Lipinski definition) is 1. The molecule has 0 aliphatic heterocycles. The van der Waals surface area contributed by atoms with Gasteiger partial charge < -0.3 is 5.32 Å². The number of halogens is 1. The van der Waals surface area contributed by atoms with Crippen molar-refractivity contribution in [2.45, 2.75) is 64.5 Å². The number of nitrogens with one attached hydrogen (secondary N) is 1. The molecule has 1 aromatic rings. The van der Waals surface area contributed by atoms with Gasteiger partial charge in [-0.05, 0) is 54.4 Å². The summed E-state index contributed by atoms with van der Waals surface area (Å²) in [6.45, 7) is 4.86. The highest BCUT2D eigenvalue weighted by atomic mass is 79.9. The van der Waals surface area contributed by atoms with E-state index >= 15 is 0 Å². The average molecular weight is 322 g/mol. The fraction of sp³-hybridized carbons (Fsp3) is 0.647. The molecule has 0 heterocycles. The predicted molar refractivity (Wildman–Crippen MR) is 84.4 cm³/mol. The Balaban J connectivity index is 1.75. The molecule has 2 unspecified atom stereocenters. The van der Waals surface area contributed by atoms with Gasteiger partial charge in [0.15, 0.2) is 0 Å². The summed E-state index contributed by atoms with van der Waals surface area (Å²) in [5.74, 6) is 0. The average Bonchev–Trinajstić information content (AvgIpc) is 2.74. The Morgan fingerprint density at radius 2 is 2.05 bits per heavy atom. The lowest BCUT2D eigenvalue weighted by Gasteiger charge is -2.41. The van der Waals surface area contributed by atoms with Crippen molar-refractivity contribution in [3.63, 3.8) is 0 Å². The molecule has 19 heavy (non-hydrogen) atoms. The van der Waals surface area contributed by atoms with Crippen molar-refractivity contribution in [2.75, 3.05) is 0 Å². The van der Waals surface area contributed by atoms with Crippen molar-refractivity contribution in [3.05, 3.63) is 33.8 Å². The number of benzene rings is 1. The van der Waals surface area contributed by atoms with Crippen LogP contribution < -0.4 is 5.32 Å². The van der Waals surface area contributed by atoms with E-state index < -0.39 is 0 Å². The van der Waals surface area contributed by atoms with E-state index in [4.69, 9.17) is 0 Å². The van der Waals surface area contributed by atoms with Crippen LogP contribution in [-0.2, 0) is 6.42 Å². The molecule has 3 rings (SSSR count). The summed E-state index contributed by atoms with van der Waals surface area (Å²) in [6.07, 6.45) is 7.98. The van der Waals surface area contributed by atoms with Crippen LogP contribution in [0.25, 0.3) is 0 Å². The molecular weight excluding hydrogens is 298 g/mol. The Labute approximate surface area is 125 Å². The Bertz CT molecular complexity index is 466. The van der Waals surface area contributed by atoms with Crippen molar-refractivity contribution in [1.82, 2.24) is 5.32 Å². The lowest BCUT2D eigenvalue weighted by Crippen LogP contribution is -2.45. The van der Waals surface area contributed by atoms with Crippen molar-refractivity contribution < 1.29 is 0 Å². The third kappa shape index (κ3) is 2.75. The largest absolute Gasteiger partial charge is 0.307 e. The minimum absolute atomic E-state index is 0.455. The number of fused-ring (bicyclic) bond motifs is 1. The number of aryl methyl sites for hydroxylation is 1. The van der Waals surface area contributed by atoms with Crippen LogP contribution in [0.15, 0.2) is 22.7 Å². The first-order chi connectivity index (χ1) is 9.06. The molecule has 104 valence electrons. The van der Waals surface area contributed by atoms with Crippen LogP contribution in [0, 0.1) is 5.41 Å². The maximum Gasteiger partial charge on any atom is 0.0328 e. The highest BCUT2D eigenvalue weighted by Gasteiger charge is 2.35. The standard InChI is InChI=1S/C17H24BrN/c1-17(2)10-4-3-5-16(17)19-15-9-6-12-11-13(18)7-8-14(12)15/h7-8,11,15-16,19H,3-6,9-10H2,1-2H3. The highest BCUT2D eigenvalue weighted by Crippen LogP contribution is 2.39. The van der Waals surface area contributed by atoms with Gasteiger partial charge in [-0.2, -0.15) is 0 Å². The Hall–Kier alpha value is -0.340. The highest BCUT2D eigenvalue weighted by molar-refractivity contribution is 9.10. The molecule has 0 aromatic heterocycles. The van der Waals surface area contributed by atoms with Gasteiger partial charge in [-0.15, -0.1) is 0 Å². The summed E-state index contributed by atoms with van der Waals surface area (Å²) >= 11 is 3.58. The smallest absolute Gasteiger partial charge is 0.0328 e. The zero-order chi connectivity index (χ0) is 13.5. The lowest BCUT2D eigenvalue weighted by molar-refractivity contribution is 0.155. The van der Waals surface area contributed by atoms with Crippen molar-refractivity contribution in [2.24, 2.45) is 5.41 Å². The van der Waals surface area contributed by atoms with Gasteiger partial charge in [0.05, 0.1) is 0 Å². The fourth-order valence-corrected chi connectivity index (χ4v) is 4.21. The molecule has 2 aliphatic carbocycles. The van der Waals surface area contributed by atoms with Gasteiger partial charge in [-0.25, -0.2) is 0 Å². The summed E-state index contributed by atoms with van der Waals surface area (Å²) in [5, 5.41) is 3.97. The van der Waals surface area contributed by atoms with Crippen LogP contribution >= 0.6 is 15.9 Å². The lowest BCUT2D eigenvalue weighted by atomic mass is 9.73. The quantitative estimate of drug-likeness (QED) is 0.808. The maximum atomic E-state index is 3.97. The zero-order valence-electron chi connectivity index (χ0n) is 12.0. The minimum atomic E-state index is 0.455. The van der Waals surface area contributed by atoms with Gasteiger partial charge in [0, 0.05) is 16.6 Å². The van der Waals surface area contributed by atoms with Gasteiger partial charge in [-0.1, -0.05) is 48.7 Å². The molecule has 1 fully saturated rings. The van der Waals surface area contributed by atoms with Crippen LogP contribution in [0.2, 0.25) is 0 Å². The normalized spacial score (nSPS) is 29.2. The number of hydrogen-bond donors (Lipinski definition) is 1. The summed E-state index contributed by atoms with van der Waals surface area (Å²) < 4.78 is 1.21. The van der Waals surface area contributed by atoms with Crippen LogP contribution in [0.4, 0.5) is 0 Å². The van der Waals surface area contributed by atoms with Gasteiger partial charge in [0.2, 0.25) is 0 Å². The third-order valence-electron chi connectivity index (χ3n) is 5.09. The van der Waals surface area contributed by atoms with Gasteiger partial charge in [0.1, 0.15) is 0 Å². The van der Waals surface area contributed by atoms with E-state index in [1.54, 1.807) is 0 Å². The molecule has 2 aliphatic rings. The maximum absolute atomic E-state index is 3.97. The molecule has 0 radical (unpaired) electrons. The summed E-state index contributed by atoms with van der Waals surface area (Å²) in [7, 11) is 0. The first-order valence-corrected chi connectivity index (χ1v) is 8.40. The Kier molecular flexibility index (Phi) is 3.74. The van der Waals surface area contributed by atoms with E-state index in [-0.39, 0.29) is 0 Å². The second kappa shape index (κ2) is 5.21. The monoisotopic (exact) mass is 321 g/mol. The SMILES string of the molecule is CC1(C)CCCCC1NC1CCc2cc(Br)ccc21. The molecule has 1 nitrogen and oxygen atoms in total. The molecule has 1 saturated carbocycles. The van der Waals surface area contributed by atoms with Crippen LogP contribution in [0.3, 0.4) is 0 Å². The van der Waals surface area contributed by atoms with E-state index in [0.29, 0.717) is 17.5 Å². The zero-order valence-corrected chi connectivity index (χ0v) is 13.6. The fourth-order valence-electron chi connectivity index (χ4n) is 3.81. The third-order valence-corrected chi connectivity index (χ3v) is 5.59. The van der Waals surface area contributed by atoms with E-state index in [1.165, 1.54) is 54.1 Å². The van der Waals surface area contributed by atoms with Gasteiger partial charge in [-0.3, -0.25) is 0 Å². The summed E-state index contributed by atoms with van der Waals surface area (Å²) in [4.78, 5) is 0. The second-order valence-electron chi connectivity index (χ2n) is 6.89. The molecule has 0 bridgehead atoms. The van der Waals surface area contributed by atoms with E-state index in [0.717, 1.165) is 0 Å². The molecule has 0 saturated heterocycles. The van der Waals surface area contributed by atoms with Crippen LogP contribution in [-0.4, -0.2) is 6.04 Å². The Morgan fingerprint density at radius 3 is 2.84 bits per heavy atom. The first kappa shape index (κ1) is 13.6.